The summed E-state index contributed by atoms with van der Waals surface area (Å²) in [5.74, 6) is -0.803. The van der Waals surface area contributed by atoms with Crippen molar-refractivity contribution in [1.29, 1.82) is 0 Å². The molecule has 0 spiro atoms. The number of aromatic carboxylic acids is 1. The lowest BCUT2D eigenvalue weighted by atomic mass is 10.1. The minimum atomic E-state index is -1.40. The first kappa shape index (κ1) is 28.4. The van der Waals surface area contributed by atoms with Gasteiger partial charge in [-0.05, 0) is 35.9 Å². The van der Waals surface area contributed by atoms with E-state index in [0.29, 0.717) is 41.8 Å². The Morgan fingerprint density at radius 2 is 1.84 bits per heavy atom. The molecule has 0 fully saturated rings. The largest absolute Gasteiger partial charge is 0.478 e. The third kappa shape index (κ3) is 8.44. The Bertz CT molecular complexity index is 1300. The van der Waals surface area contributed by atoms with Crippen LogP contribution in [0.4, 0.5) is 11.4 Å². The quantitative estimate of drug-likeness (QED) is 0.175. The minimum absolute atomic E-state index is 0.0518. The van der Waals surface area contributed by atoms with Crippen LogP contribution in [0.15, 0.2) is 65.7 Å². The number of nitro groups is 1. The first-order valence-corrected chi connectivity index (χ1v) is 12.6. The Labute approximate surface area is 220 Å². The molecule has 1 heterocycles. The minimum Gasteiger partial charge on any atom is -0.478 e. The summed E-state index contributed by atoms with van der Waals surface area (Å²) in [6, 6.07) is 13.1. The normalized spacial score (nSPS) is 11.5. The zero-order valence-corrected chi connectivity index (χ0v) is 21.1. The van der Waals surface area contributed by atoms with Crippen molar-refractivity contribution < 1.29 is 38.0 Å². The van der Waals surface area contributed by atoms with Crippen LogP contribution < -0.4 is 10.1 Å². The fraction of sp³-hybridized carbons (Fsp3) is 0.240. The van der Waals surface area contributed by atoms with Gasteiger partial charge < -0.3 is 24.6 Å². The van der Waals surface area contributed by atoms with E-state index in [-0.39, 0.29) is 23.6 Å². The lowest BCUT2D eigenvalue weighted by molar-refractivity contribution is -0.384. The molecule has 0 aliphatic heterocycles. The number of carboxylic acid groups (broad SMARTS) is 1. The molecule has 0 aliphatic rings. The Hall–Kier alpha value is -4.20. The summed E-state index contributed by atoms with van der Waals surface area (Å²) in [7, 11) is 0.371. The molecule has 0 saturated carbocycles. The summed E-state index contributed by atoms with van der Waals surface area (Å²) in [5, 5.41) is 22.6. The second-order valence-corrected chi connectivity index (χ2v) is 9.32. The van der Waals surface area contributed by atoms with Gasteiger partial charge in [0.1, 0.15) is 5.75 Å². The van der Waals surface area contributed by atoms with Crippen molar-refractivity contribution in [3.05, 3.63) is 82.0 Å². The maximum absolute atomic E-state index is 12.4. The van der Waals surface area contributed by atoms with E-state index in [1.807, 2.05) is 0 Å². The highest BCUT2D eigenvalue weighted by molar-refractivity contribution is 7.85. The number of aromatic nitrogens is 1. The van der Waals surface area contributed by atoms with Crippen LogP contribution in [0.5, 0.6) is 11.6 Å². The zero-order valence-electron chi connectivity index (χ0n) is 20.3. The Balaban J connectivity index is 1.53. The summed E-state index contributed by atoms with van der Waals surface area (Å²) in [6.07, 6.45) is 1.33. The highest BCUT2D eigenvalue weighted by Gasteiger charge is 2.18. The van der Waals surface area contributed by atoms with Gasteiger partial charge in [0.15, 0.2) is 0 Å². The summed E-state index contributed by atoms with van der Waals surface area (Å²) in [6.45, 7) is 1.29. The predicted molar refractivity (Wildman–Crippen MR) is 137 cm³/mol. The Kier molecular flexibility index (Phi) is 10.4. The zero-order chi connectivity index (χ0) is 27.5. The van der Waals surface area contributed by atoms with Crippen LogP contribution in [0.25, 0.3) is 0 Å². The number of nitrogens with zero attached hydrogens (tertiary/aromatic N) is 2. The van der Waals surface area contributed by atoms with E-state index < -0.39 is 33.3 Å². The molecule has 0 bridgehead atoms. The molecule has 2 N–H and O–H groups in total. The number of nitrogens with one attached hydrogen (secondary N) is 1. The fourth-order valence-corrected chi connectivity index (χ4v) is 4.11. The molecule has 2 aromatic carbocycles. The molecule has 1 aromatic heterocycles. The number of hydrogen-bond acceptors (Lipinski definition) is 9. The number of rotatable bonds is 14. The molecule has 3 aromatic rings. The number of benzene rings is 2. The van der Waals surface area contributed by atoms with Crippen LogP contribution in [-0.2, 0) is 31.5 Å². The third-order valence-corrected chi connectivity index (χ3v) is 6.37. The van der Waals surface area contributed by atoms with Gasteiger partial charge in [0.05, 0.1) is 59.0 Å². The van der Waals surface area contributed by atoms with Crippen LogP contribution in [0.3, 0.4) is 0 Å². The first-order valence-electron chi connectivity index (χ1n) is 11.3. The maximum Gasteiger partial charge on any atom is 0.338 e. The number of carboxylic acids is 1. The van der Waals surface area contributed by atoms with Crippen LogP contribution in [0, 0.1) is 10.1 Å². The molecular formula is C25H25N3O9S. The van der Waals surface area contributed by atoms with Gasteiger partial charge in [-0.25, -0.2) is 9.78 Å². The molecule has 200 valence electrons. The maximum atomic E-state index is 12.4. The molecule has 12 nitrogen and oxygen atoms in total. The SMILES string of the molecule is COCCOCCS(=O)c1ccc(Oc2ccc(CC(=O)Nc3ccc([N+](=O)[O-])cc3C(=O)O)cn2)cc1. The van der Waals surface area contributed by atoms with Gasteiger partial charge in [-0.1, -0.05) is 6.07 Å². The van der Waals surface area contributed by atoms with E-state index in [1.54, 1.807) is 43.5 Å². The van der Waals surface area contributed by atoms with Crippen LogP contribution in [-0.4, -0.2) is 63.8 Å². The van der Waals surface area contributed by atoms with Gasteiger partial charge in [-0.15, -0.1) is 0 Å². The molecule has 0 radical (unpaired) electrons. The van der Waals surface area contributed by atoms with Crippen LogP contribution in [0.1, 0.15) is 15.9 Å². The number of ether oxygens (including phenoxy) is 3. The van der Waals surface area contributed by atoms with Gasteiger partial charge in [0, 0.05) is 36.4 Å². The summed E-state index contributed by atoms with van der Waals surface area (Å²) in [5.41, 5.74) is -0.304. The second kappa shape index (κ2) is 13.9. The number of anilines is 1. The average Bonchev–Trinajstić information content (AvgIpc) is 2.90. The number of nitro benzene ring substituents is 1. The average molecular weight is 544 g/mol. The molecule has 0 saturated heterocycles. The molecule has 0 aliphatic carbocycles. The molecule has 1 atom stereocenters. The van der Waals surface area contributed by atoms with Crippen molar-refractivity contribution in [3.8, 4) is 11.6 Å². The number of pyridine rings is 1. The van der Waals surface area contributed by atoms with Gasteiger partial charge in [0.2, 0.25) is 11.8 Å². The van der Waals surface area contributed by atoms with Gasteiger partial charge in [-0.3, -0.25) is 19.1 Å². The standard InChI is InChI=1S/C25H25N3O9S/c1-35-10-11-36-12-13-38(34)20-6-4-19(5-7-20)37-24-9-2-17(16-26-24)14-23(29)27-22-8-3-18(28(32)33)15-21(22)25(30)31/h2-9,15-16H,10-14H2,1H3,(H,27,29)(H,30,31). The summed E-state index contributed by atoms with van der Waals surface area (Å²) in [4.78, 5) is 38.8. The van der Waals surface area contributed by atoms with E-state index in [9.17, 15) is 29.0 Å². The molecule has 13 heteroatoms. The van der Waals surface area contributed by atoms with Crippen LogP contribution >= 0.6 is 0 Å². The Morgan fingerprint density at radius 1 is 1.08 bits per heavy atom. The van der Waals surface area contributed by atoms with Gasteiger partial charge in [-0.2, -0.15) is 0 Å². The monoisotopic (exact) mass is 543 g/mol. The van der Waals surface area contributed by atoms with Crippen molar-refractivity contribution in [2.24, 2.45) is 0 Å². The number of carbonyl (C=O) groups excluding carboxylic acids is 1. The molecular weight excluding hydrogens is 518 g/mol. The van der Waals surface area contributed by atoms with Crippen molar-refractivity contribution in [3.63, 3.8) is 0 Å². The molecule has 1 amide bonds. The Morgan fingerprint density at radius 3 is 2.47 bits per heavy atom. The van der Waals surface area contributed by atoms with Crippen molar-refractivity contribution >= 4 is 34.1 Å². The number of methoxy groups -OCH3 is 1. The van der Waals surface area contributed by atoms with E-state index in [2.05, 4.69) is 10.3 Å². The molecule has 38 heavy (non-hydrogen) atoms. The van der Waals surface area contributed by atoms with Gasteiger partial charge in [0.25, 0.3) is 5.69 Å². The first-order chi connectivity index (χ1) is 18.3. The van der Waals surface area contributed by atoms with Crippen molar-refractivity contribution in [2.75, 3.05) is 38.0 Å². The predicted octanol–water partition coefficient (Wildman–Crippen LogP) is 3.43. The fourth-order valence-electron chi connectivity index (χ4n) is 3.16. The second-order valence-electron chi connectivity index (χ2n) is 7.75. The smallest absolute Gasteiger partial charge is 0.338 e. The highest BCUT2D eigenvalue weighted by Crippen LogP contribution is 2.23. The van der Waals surface area contributed by atoms with E-state index in [1.165, 1.54) is 12.3 Å². The third-order valence-electron chi connectivity index (χ3n) is 5.03. The molecule has 3 rings (SSSR count). The van der Waals surface area contributed by atoms with Gasteiger partial charge >= 0.3 is 5.97 Å². The van der Waals surface area contributed by atoms with Crippen LogP contribution in [0.2, 0.25) is 0 Å². The molecule has 1 unspecified atom stereocenters. The summed E-state index contributed by atoms with van der Waals surface area (Å²) < 4.78 is 28.3. The van der Waals surface area contributed by atoms with Crippen molar-refractivity contribution in [1.82, 2.24) is 4.98 Å². The number of hydrogen-bond donors (Lipinski definition) is 2. The lowest BCUT2D eigenvalue weighted by Gasteiger charge is -2.09. The lowest BCUT2D eigenvalue weighted by Crippen LogP contribution is -2.17. The summed E-state index contributed by atoms with van der Waals surface area (Å²) >= 11 is 0. The van der Waals surface area contributed by atoms with Crippen molar-refractivity contribution in [2.45, 2.75) is 11.3 Å². The van der Waals surface area contributed by atoms with E-state index >= 15 is 0 Å². The van der Waals surface area contributed by atoms with E-state index in [4.69, 9.17) is 14.2 Å². The number of non-ortho nitro benzene ring substituents is 1. The van der Waals surface area contributed by atoms with E-state index in [0.717, 1.165) is 12.1 Å². The topological polar surface area (TPSA) is 167 Å². The number of amides is 1. The highest BCUT2D eigenvalue weighted by atomic mass is 32.2. The number of carbonyl (C=O) groups is 2.